The maximum absolute atomic E-state index is 9.52. The summed E-state index contributed by atoms with van der Waals surface area (Å²) < 4.78 is 0. The third-order valence-electron chi connectivity index (χ3n) is 2.12. The Kier molecular flexibility index (Phi) is 1.81. The topological polar surface area (TPSA) is 40.5 Å². The quantitative estimate of drug-likeness (QED) is 0.641. The third kappa shape index (κ3) is 1.43. The van der Waals surface area contributed by atoms with E-state index in [1.54, 1.807) is 6.07 Å². The van der Waals surface area contributed by atoms with Crippen molar-refractivity contribution in [1.82, 2.24) is 0 Å². The van der Waals surface area contributed by atoms with Crippen molar-refractivity contribution in [3.63, 3.8) is 0 Å². The molecule has 0 saturated heterocycles. The molecule has 13 heavy (non-hydrogen) atoms. The Hall–Kier alpha value is -1.70. The molecule has 1 aliphatic rings. The maximum atomic E-state index is 9.52. The van der Waals surface area contributed by atoms with Gasteiger partial charge in [-0.3, -0.25) is 0 Å². The van der Waals surface area contributed by atoms with Gasteiger partial charge in [0, 0.05) is 11.5 Å². The van der Waals surface area contributed by atoms with Gasteiger partial charge >= 0.3 is 0 Å². The average molecular weight is 174 g/mol. The van der Waals surface area contributed by atoms with E-state index in [1.807, 2.05) is 24.3 Å². The van der Waals surface area contributed by atoms with Crippen LogP contribution in [0.25, 0.3) is 0 Å². The van der Waals surface area contributed by atoms with E-state index in [-0.39, 0.29) is 17.4 Å². The van der Waals surface area contributed by atoms with Gasteiger partial charge in [-0.2, -0.15) is 0 Å². The average Bonchev–Trinajstić information content (AvgIpc) is 2.61. The van der Waals surface area contributed by atoms with E-state index in [0.717, 1.165) is 5.56 Å². The van der Waals surface area contributed by atoms with Gasteiger partial charge in [0.1, 0.15) is 11.5 Å². The highest BCUT2D eigenvalue weighted by atomic mass is 16.3. The Bertz CT molecular complexity index is 366. The zero-order valence-electron chi connectivity index (χ0n) is 7.01. The van der Waals surface area contributed by atoms with E-state index in [0.29, 0.717) is 0 Å². The number of allylic oxidation sites excluding steroid dienone is 4. The van der Waals surface area contributed by atoms with E-state index in [9.17, 15) is 10.2 Å². The van der Waals surface area contributed by atoms with Crippen molar-refractivity contribution in [1.29, 1.82) is 0 Å². The van der Waals surface area contributed by atoms with Gasteiger partial charge in [-0.25, -0.2) is 0 Å². The summed E-state index contributed by atoms with van der Waals surface area (Å²) in [4.78, 5) is 0. The Balaban J connectivity index is 2.44. The number of rotatable bonds is 1. The molecule has 2 nitrogen and oxygen atoms in total. The Labute approximate surface area is 76.5 Å². The van der Waals surface area contributed by atoms with Gasteiger partial charge in [0.05, 0.1) is 0 Å². The predicted molar refractivity (Wildman–Crippen MR) is 50.8 cm³/mol. The Morgan fingerprint density at radius 2 is 1.69 bits per heavy atom. The van der Waals surface area contributed by atoms with Crippen molar-refractivity contribution in [2.45, 2.75) is 5.92 Å². The normalized spacial score (nSPS) is 15.4. The zero-order chi connectivity index (χ0) is 9.26. The minimum Gasteiger partial charge on any atom is -0.508 e. The lowest BCUT2D eigenvalue weighted by Crippen LogP contribution is -1.88. The third-order valence-corrected chi connectivity index (χ3v) is 2.12. The fourth-order valence-electron chi connectivity index (χ4n) is 1.45. The van der Waals surface area contributed by atoms with Gasteiger partial charge in [0.2, 0.25) is 0 Å². The number of phenolic OH excluding ortho intramolecular Hbond substituents is 2. The van der Waals surface area contributed by atoms with Crippen LogP contribution in [0, 0.1) is 0 Å². The van der Waals surface area contributed by atoms with Crippen LogP contribution in [0.1, 0.15) is 11.5 Å². The molecule has 0 aliphatic heterocycles. The minimum absolute atomic E-state index is 0.0899. The first-order chi connectivity index (χ1) is 6.27. The number of aromatic hydroxyl groups is 2. The second-order valence-electron chi connectivity index (χ2n) is 3.04. The van der Waals surface area contributed by atoms with Crippen LogP contribution in [0.5, 0.6) is 11.5 Å². The fraction of sp³-hybridized carbons (Fsp3) is 0.0909. The molecule has 0 fully saturated rings. The van der Waals surface area contributed by atoms with Gasteiger partial charge < -0.3 is 10.2 Å². The largest absolute Gasteiger partial charge is 0.508 e. The van der Waals surface area contributed by atoms with E-state index in [4.69, 9.17) is 0 Å². The molecule has 0 spiro atoms. The van der Waals surface area contributed by atoms with Crippen molar-refractivity contribution in [2.24, 2.45) is 0 Å². The molecule has 2 heteroatoms. The second-order valence-corrected chi connectivity index (χ2v) is 3.04. The van der Waals surface area contributed by atoms with Crippen LogP contribution in [0.4, 0.5) is 0 Å². The van der Waals surface area contributed by atoms with Crippen LogP contribution in [0.15, 0.2) is 42.5 Å². The molecule has 0 radical (unpaired) electrons. The van der Waals surface area contributed by atoms with E-state index < -0.39 is 0 Å². The standard InChI is InChI=1S/C11H10O2/c12-9-5-6-11(13)10(7-9)8-3-1-2-4-8/h1-8,12-13H. The molecular weight excluding hydrogens is 164 g/mol. The highest BCUT2D eigenvalue weighted by Gasteiger charge is 2.11. The first kappa shape index (κ1) is 7.92. The SMILES string of the molecule is Oc1ccc(O)c(C2C=CC=C2)c1. The summed E-state index contributed by atoms with van der Waals surface area (Å²) in [5, 5.41) is 18.8. The van der Waals surface area contributed by atoms with Gasteiger partial charge in [-0.05, 0) is 18.2 Å². The summed E-state index contributed by atoms with van der Waals surface area (Å²) in [5.74, 6) is 0.493. The smallest absolute Gasteiger partial charge is 0.119 e. The monoisotopic (exact) mass is 174 g/mol. The van der Waals surface area contributed by atoms with Crippen molar-refractivity contribution < 1.29 is 10.2 Å². The fourth-order valence-corrected chi connectivity index (χ4v) is 1.45. The lowest BCUT2D eigenvalue weighted by atomic mass is 10.00. The zero-order valence-corrected chi connectivity index (χ0v) is 7.01. The molecule has 1 aliphatic carbocycles. The number of benzene rings is 1. The molecule has 66 valence electrons. The number of hydrogen-bond acceptors (Lipinski definition) is 2. The predicted octanol–water partition coefficient (Wildman–Crippen LogP) is 2.31. The highest BCUT2D eigenvalue weighted by Crippen LogP contribution is 2.32. The van der Waals surface area contributed by atoms with Crippen LogP contribution in [-0.2, 0) is 0 Å². The van der Waals surface area contributed by atoms with Gasteiger partial charge in [-0.1, -0.05) is 24.3 Å². The Morgan fingerprint density at radius 1 is 1.00 bits per heavy atom. The molecule has 0 aromatic heterocycles. The molecule has 0 amide bonds. The summed E-state index contributed by atoms with van der Waals surface area (Å²) in [5.41, 5.74) is 0.741. The van der Waals surface area contributed by atoms with Crippen molar-refractivity contribution in [3.8, 4) is 11.5 Å². The summed E-state index contributed by atoms with van der Waals surface area (Å²) in [6.07, 6.45) is 7.78. The lowest BCUT2D eigenvalue weighted by Gasteiger charge is -2.08. The van der Waals surface area contributed by atoms with Crippen molar-refractivity contribution in [2.75, 3.05) is 0 Å². The van der Waals surface area contributed by atoms with Gasteiger partial charge in [-0.15, -0.1) is 0 Å². The van der Waals surface area contributed by atoms with Crippen molar-refractivity contribution >= 4 is 0 Å². The van der Waals surface area contributed by atoms with Gasteiger partial charge in [0.15, 0.2) is 0 Å². The molecule has 0 atom stereocenters. The molecule has 0 saturated carbocycles. The molecular formula is C11H10O2. The van der Waals surface area contributed by atoms with E-state index in [1.165, 1.54) is 12.1 Å². The lowest BCUT2D eigenvalue weighted by molar-refractivity contribution is 0.454. The van der Waals surface area contributed by atoms with Gasteiger partial charge in [0.25, 0.3) is 0 Å². The molecule has 0 unspecified atom stereocenters. The number of phenols is 2. The second kappa shape index (κ2) is 2.98. The summed E-state index contributed by atoms with van der Waals surface area (Å²) in [7, 11) is 0. The summed E-state index contributed by atoms with van der Waals surface area (Å²) >= 11 is 0. The minimum atomic E-state index is 0.0899. The molecule has 2 N–H and O–H groups in total. The Morgan fingerprint density at radius 3 is 2.38 bits per heavy atom. The summed E-state index contributed by atoms with van der Waals surface area (Å²) in [6, 6.07) is 4.56. The number of hydrogen-bond donors (Lipinski definition) is 2. The van der Waals surface area contributed by atoms with E-state index >= 15 is 0 Å². The van der Waals surface area contributed by atoms with Crippen LogP contribution in [0.3, 0.4) is 0 Å². The van der Waals surface area contributed by atoms with Crippen LogP contribution < -0.4 is 0 Å². The van der Waals surface area contributed by atoms with Crippen LogP contribution in [-0.4, -0.2) is 10.2 Å². The molecule has 2 rings (SSSR count). The molecule has 1 aromatic rings. The van der Waals surface area contributed by atoms with Crippen LogP contribution in [0.2, 0.25) is 0 Å². The maximum Gasteiger partial charge on any atom is 0.119 e. The van der Waals surface area contributed by atoms with Crippen molar-refractivity contribution in [3.05, 3.63) is 48.1 Å². The van der Waals surface area contributed by atoms with E-state index in [2.05, 4.69) is 0 Å². The first-order valence-corrected chi connectivity index (χ1v) is 4.14. The molecule has 1 aromatic carbocycles. The van der Waals surface area contributed by atoms with Crippen LogP contribution >= 0.6 is 0 Å². The summed E-state index contributed by atoms with van der Waals surface area (Å²) in [6.45, 7) is 0. The highest BCUT2D eigenvalue weighted by molar-refractivity contribution is 5.46. The molecule has 0 bridgehead atoms. The first-order valence-electron chi connectivity index (χ1n) is 4.14. The molecule has 0 heterocycles.